The van der Waals surface area contributed by atoms with Crippen molar-refractivity contribution in [1.82, 2.24) is 0 Å². The maximum absolute atomic E-state index is 12.5. The van der Waals surface area contributed by atoms with Gasteiger partial charge in [0.25, 0.3) is 5.69 Å². The highest BCUT2D eigenvalue weighted by Gasteiger charge is 2.35. The van der Waals surface area contributed by atoms with Crippen LogP contribution in [0.3, 0.4) is 0 Å². The third-order valence-electron chi connectivity index (χ3n) is 4.83. The van der Waals surface area contributed by atoms with Gasteiger partial charge in [-0.25, -0.2) is 0 Å². The molecular formula is C20H21N3O4. The lowest BCUT2D eigenvalue weighted by Gasteiger charge is -2.17. The van der Waals surface area contributed by atoms with Gasteiger partial charge in [-0.3, -0.25) is 19.7 Å². The minimum absolute atomic E-state index is 0.0482. The Balaban J connectivity index is 1.70. The maximum atomic E-state index is 12.5. The molecular weight excluding hydrogens is 346 g/mol. The summed E-state index contributed by atoms with van der Waals surface area (Å²) in [7, 11) is 0. The van der Waals surface area contributed by atoms with Gasteiger partial charge in [0.15, 0.2) is 0 Å². The Bertz CT molecular complexity index is 893. The van der Waals surface area contributed by atoms with Crippen LogP contribution >= 0.6 is 0 Å². The van der Waals surface area contributed by atoms with E-state index in [0.29, 0.717) is 17.8 Å². The molecule has 0 unspecified atom stereocenters. The molecule has 2 aromatic rings. The number of carbonyl (C=O) groups excluding carboxylic acids is 2. The Morgan fingerprint density at radius 1 is 1.26 bits per heavy atom. The van der Waals surface area contributed by atoms with Gasteiger partial charge in [0.2, 0.25) is 11.8 Å². The molecule has 0 bridgehead atoms. The van der Waals surface area contributed by atoms with Crippen molar-refractivity contribution in [3.8, 4) is 0 Å². The monoisotopic (exact) mass is 367 g/mol. The smallest absolute Gasteiger partial charge is 0.274 e. The molecule has 1 N–H and O–H groups in total. The van der Waals surface area contributed by atoms with E-state index in [1.54, 1.807) is 24.0 Å². The molecule has 0 aromatic heterocycles. The topological polar surface area (TPSA) is 92.6 Å². The van der Waals surface area contributed by atoms with Crippen molar-refractivity contribution in [3.63, 3.8) is 0 Å². The first-order valence-electron chi connectivity index (χ1n) is 8.84. The van der Waals surface area contributed by atoms with Gasteiger partial charge in [-0.2, -0.15) is 0 Å². The van der Waals surface area contributed by atoms with Gasteiger partial charge in [-0.1, -0.05) is 25.1 Å². The van der Waals surface area contributed by atoms with Crippen LogP contribution in [0.4, 0.5) is 17.1 Å². The van der Waals surface area contributed by atoms with Crippen LogP contribution in [0.5, 0.6) is 0 Å². The van der Waals surface area contributed by atoms with Crippen LogP contribution in [0.15, 0.2) is 42.5 Å². The number of carbonyl (C=O) groups is 2. The molecule has 1 aliphatic heterocycles. The standard InChI is InChI=1S/C20H21N3O4/c1-3-14-5-8-17(9-6-14)22-12-15(10-19(22)24)20(25)21-16-7-4-13(2)18(11-16)23(26)27/h4-9,11,15H,3,10,12H2,1-2H3,(H,21,25)/t15-/m1/s1. The summed E-state index contributed by atoms with van der Waals surface area (Å²) in [5.41, 5.74) is 2.79. The van der Waals surface area contributed by atoms with Crippen LogP contribution in [-0.2, 0) is 16.0 Å². The average Bonchev–Trinajstić information content (AvgIpc) is 3.05. The van der Waals surface area contributed by atoms with Crippen LogP contribution < -0.4 is 10.2 Å². The molecule has 3 rings (SSSR count). The molecule has 7 nitrogen and oxygen atoms in total. The van der Waals surface area contributed by atoms with E-state index in [1.165, 1.54) is 11.6 Å². The highest BCUT2D eigenvalue weighted by atomic mass is 16.6. The van der Waals surface area contributed by atoms with Crippen molar-refractivity contribution >= 4 is 28.9 Å². The summed E-state index contributed by atoms with van der Waals surface area (Å²) < 4.78 is 0. The van der Waals surface area contributed by atoms with E-state index >= 15 is 0 Å². The highest BCUT2D eigenvalue weighted by molar-refractivity contribution is 6.03. The number of rotatable bonds is 5. The quantitative estimate of drug-likeness (QED) is 0.647. The molecule has 2 amide bonds. The van der Waals surface area contributed by atoms with Crippen LogP contribution in [0.1, 0.15) is 24.5 Å². The zero-order valence-corrected chi connectivity index (χ0v) is 15.3. The highest BCUT2D eigenvalue weighted by Crippen LogP contribution is 2.27. The third-order valence-corrected chi connectivity index (χ3v) is 4.83. The number of hydrogen-bond donors (Lipinski definition) is 1. The summed E-state index contributed by atoms with van der Waals surface area (Å²) in [6.07, 6.45) is 1.04. The molecule has 0 aliphatic carbocycles. The number of nitro benzene ring substituents is 1. The fraction of sp³-hybridized carbons (Fsp3) is 0.300. The van der Waals surface area contributed by atoms with E-state index < -0.39 is 10.8 Å². The molecule has 1 saturated heterocycles. The Hall–Kier alpha value is -3.22. The van der Waals surface area contributed by atoms with Crippen molar-refractivity contribution in [2.45, 2.75) is 26.7 Å². The summed E-state index contributed by atoms with van der Waals surface area (Å²) in [5, 5.41) is 13.7. The molecule has 1 fully saturated rings. The lowest BCUT2D eigenvalue weighted by Crippen LogP contribution is -2.28. The number of nitrogens with zero attached hydrogens (tertiary/aromatic N) is 2. The lowest BCUT2D eigenvalue weighted by molar-refractivity contribution is -0.385. The summed E-state index contributed by atoms with van der Waals surface area (Å²) >= 11 is 0. The minimum atomic E-state index is -0.497. The van der Waals surface area contributed by atoms with Crippen molar-refractivity contribution in [2.24, 2.45) is 5.92 Å². The summed E-state index contributed by atoms with van der Waals surface area (Å²) in [6, 6.07) is 12.3. The normalized spacial score (nSPS) is 16.4. The Kier molecular flexibility index (Phi) is 5.21. The summed E-state index contributed by atoms with van der Waals surface area (Å²) in [5.74, 6) is -0.910. The van der Waals surface area contributed by atoms with Crippen molar-refractivity contribution in [2.75, 3.05) is 16.8 Å². The van der Waals surface area contributed by atoms with Gasteiger partial charge < -0.3 is 10.2 Å². The van der Waals surface area contributed by atoms with E-state index in [9.17, 15) is 19.7 Å². The molecule has 1 aliphatic rings. The Morgan fingerprint density at radius 2 is 1.96 bits per heavy atom. The number of amides is 2. The number of aryl methyl sites for hydroxylation is 2. The molecule has 0 radical (unpaired) electrons. The molecule has 27 heavy (non-hydrogen) atoms. The van der Waals surface area contributed by atoms with E-state index in [-0.39, 0.29) is 23.9 Å². The predicted octanol–water partition coefficient (Wildman–Crippen LogP) is 3.46. The first-order valence-corrected chi connectivity index (χ1v) is 8.84. The molecule has 1 heterocycles. The molecule has 140 valence electrons. The SMILES string of the molecule is CCc1ccc(N2C[C@H](C(=O)Nc3ccc(C)c([N+](=O)[O-])c3)CC2=O)cc1. The fourth-order valence-electron chi connectivity index (χ4n) is 3.17. The van der Waals surface area contributed by atoms with Crippen molar-refractivity contribution < 1.29 is 14.5 Å². The first-order chi connectivity index (χ1) is 12.9. The number of nitro groups is 1. The number of anilines is 2. The summed E-state index contributed by atoms with van der Waals surface area (Å²) in [4.78, 5) is 37.1. The second-order valence-electron chi connectivity index (χ2n) is 6.67. The van der Waals surface area contributed by atoms with E-state index in [0.717, 1.165) is 12.1 Å². The number of hydrogen-bond acceptors (Lipinski definition) is 4. The molecule has 0 spiro atoms. The van der Waals surface area contributed by atoms with Gasteiger partial charge in [-0.15, -0.1) is 0 Å². The average molecular weight is 367 g/mol. The van der Waals surface area contributed by atoms with Gasteiger partial charge in [0.05, 0.1) is 10.8 Å². The molecule has 1 atom stereocenters. The van der Waals surface area contributed by atoms with Gasteiger partial charge in [0.1, 0.15) is 0 Å². The largest absolute Gasteiger partial charge is 0.326 e. The van der Waals surface area contributed by atoms with Crippen molar-refractivity contribution in [1.29, 1.82) is 0 Å². The predicted molar refractivity (Wildman–Crippen MR) is 103 cm³/mol. The minimum Gasteiger partial charge on any atom is -0.326 e. The number of nitrogens with one attached hydrogen (secondary N) is 1. The summed E-state index contributed by atoms with van der Waals surface area (Å²) in [6.45, 7) is 4.00. The zero-order valence-electron chi connectivity index (χ0n) is 15.3. The fourth-order valence-corrected chi connectivity index (χ4v) is 3.17. The Labute approximate surface area is 157 Å². The van der Waals surface area contributed by atoms with E-state index in [1.807, 2.05) is 24.3 Å². The molecule has 2 aromatic carbocycles. The van der Waals surface area contributed by atoms with Gasteiger partial charge >= 0.3 is 0 Å². The van der Waals surface area contributed by atoms with Gasteiger partial charge in [0, 0.05) is 36.0 Å². The van der Waals surface area contributed by atoms with Crippen LogP contribution in [0.2, 0.25) is 0 Å². The second-order valence-corrected chi connectivity index (χ2v) is 6.67. The molecule has 0 saturated carbocycles. The van der Waals surface area contributed by atoms with Crippen molar-refractivity contribution in [3.05, 3.63) is 63.7 Å². The van der Waals surface area contributed by atoms with Gasteiger partial charge in [-0.05, 0) is 37.1 Å². The third kappa shape index (κ3) is 3.97. The molecule has 7 heteroatoms. The number of benzene rings is 2. The van der Waals surface area contributed by atoms with Crippen LogP contribution in [-0.4, -0.2) is 23.3 Å². The van der Waals surface area contributed by atoms with E-state index in [4.69, 9.17) is 0 Å². The zero-order chi connectivity index (χ0) is 19.6. The van der Waals surface area contributed by atoms with Crippen LogP contribution in [0, 0.1) is 23.0 Å². The van der Waals surface area contributed by atoms with E-state index in [2.05, 4.69) is 12.2 Å². The second kappa shape index (κ2) is 7.57. The van der Waals surface area contributed by atoms with Crippen LogP contribution in [0.25, 0.3) is 0 Å². The first kappa shape index (κ1) is 18.6. The lowest BCUT2D eigenvalue weighted by atomic mass is 10.1. The maximum Gasteiger partial charge on any atom is 0.274 e. The Morgan fingerprint density at radius 3 is 2.59 bits per heavy atom.